The minimum atomic E-state index is 0.260. The van der Waals surface area contributed by atoms with Crippen molar-refractivity contribution in [1.82, 2.24) is 15.0 Å². The summed E-state index contributed by atoms with van der Waals surface area (Å²) in [6, 6.07) is 5.97. The lowest BCUT2D eigenvalue weighted by molar-refractivity contribution is 0.757. The second kappa shape index (κ2) is 6.52. The number of nitrogens with two attached hydrogens (primary N) is 1. The van der Waals surface area contributed by atoms with Crippen molar-refractivity contribution < 1.29 is 0 Å². The first-order chi connectivity index (χ1) is 9.99. The number of nitrogens with zero attached hydrogens (tertiary/aromatic N) is 4. The predicted molar refractivity (Wildman–Crippen MR) is 86.5 cm³/mol. The van der Waals surface area contributed by atoms with Gasteiger partial charge in [-0.05, 0) is 19.1 Å². The molecule has 0 unspecified atom stereocenters. The van der Waals surface area contributed by atoms with Gasteiger partial charge in [0, 0.05) is 43.4 Å². The van der Waals surface area contributed by atoms with Gasteiger partial charge in [-0.1, -0.05) is 19.9 Å². The number of aromatic nitrogens is 3. The minimum absolute atomic E-state index is 0.260. The van der Waals surface area contributed by atoms with Gasteiger partial charge < -0.3 is 10.6 Å². The van der Waals surface area contributed by atoms with Gasteiger partial charge in [-0.2, -0.15) is 0 Å². The van der Waals surface area contributed by atoms with Crippen LogP contribution in [0.25, 0.3) is 0 Å². The topological polar surface area (TPSA) is 67.9 Å². The van der Waals surface area contributed by atoms with Crippen molar-refractivity contribution in [2.45, 2.75) is 33.1 Å². The second-order valence-electron chi connectivity index (χ2n) is 5.56. The molecule has 5 heteroatoms. The van der Waals surface area contributed by atoms with Crippen molar-refractivity contribution >= 4 is 11.6 Å². The molecule has 0 radical (unpaired) electrons. The monoisotopic (exact) mass is 285 g/mol. The molecule has 0 aliphatic carbocycles. The van der Waals surface area contributed by atoms with Crippen LogP contribution in [0.5, 0.6) is 0 Å². The van der Waals surface area contributed by atoms with Crippen LogP contribution >= 0.6 is 0 Å². The molecule has 0 amide bonds. The summed E-state index contributed by atoms with van der Waals surface area (Å²) in [5, 5.41) is 0. The minimum Gasteiger partial charge on any atom is -0.383 e. The molecule has 0 fully saturated rings. The van der Waals surface area contributed by atoms with Crippen LogP contribution in [0.3, 0.4) is 0 Å². The summed E-state index contributed by atoms with van der Waals surface area (Å²) in [5.74, 6) is 2.52. The average Bonchev–Trinajstić information content (AvgIpc) is 2.48. The van der Waals surface area contributed by atoms with Gasteiger partial charge in [0.1, 0.15) is 17.5 Å². The van der Waals surface area contributed by atoms with E-state index in [1.165, 1.54) is 0 Å². The van der Waals surface area contributed by atoms with E-state index in [0.717, 1.165) is 35.9 Å². The smallest absolute Gasteiger partial charge is 0.137 e. The van der Waals surface area contributed by atoms with Crippen LogP contribution in [-0.4, -0.2) is 28.5 Å². The molecule has 0 bridgehead atoms. The van der Waals surface area contributed by atoms with Crippen LogP contribution in [0, 0.1) is 6.92 Å². The van der Waals surface area contributed by atoms with Crippen molar-refractivity contribution in [3.63, 3.8) is 0 Å². The van der Waals surface area contributed by atoms with Crippen LogP contribution in [0.4, 0.5) is 11.6 Å². The normalized spacial score (nSPS) is 10.9. The van der Waals surface area contributed by atoms with Crippen LogP contribution < -0.4 is 10.6 Å². The van der Waals surface area contributed by atoms with Gasteiger partial charge in [-0.15, -0.1) is 0 Å². The molecule has 0 aliphatic rings. The fraction of sp³-hybridized carbons (Fsp3) is 0.438. The van der Waals surface area contributed by atoms with Gasteiger partial charge in [0.25, 0.3) is 0 Å². The summed E-state index contributed by atoms with van der Waals surface area (Å²) >= 11 is 0. The lowest BCUT2D eigenvalue weighted by Crippen LogP contribution is -2.24. The highest BCUT2D eigenvalue weighted by atomic mass is 15.2. The van der Waals surface area contributed by atoms with Crippen molar-refractivity contribution in [1.29, 1.82) is 0 Å². The summed E-state index contributed by atoms with van der Waals surface area (Å²) < 4.78 is 0. The zero-order chi connectivity index (χ0) is 15.4. The fourth-order valence-electron chi connectivity index (χ4n) is 2.10. The molecule has 2 heterocycles. The average molecular weight is 285 g/mol. The van der Waals surface area contributed by atoms with Crippen molar-refractivity contribution in [2.75, 3.05) is 24.2 Å². The first kappa shape index (κ1) is 15.2. The Bertz CT molecular complexity index is 595. The Hall–Kier alpha value is -2.17. The molecule has 2 aromatic rings. The second-order valence-corrected chi connectivity index (χ2v) is 5.56. The Balaban J connectivity index is 2.16. The lowest BCUT2D eigenvalue weighted by atomic mass is 10.2. The number of hydrogen-bond donors (Lipinski definition) is 1. The Morgan fingerprint density at radius 1 is 1.24 bits per heavy atom. The molecular formula is C16H23N5. The number of anilines is 2. The lowest BCUT2D eigenvalue weighted by Gasteiger charge is -2.22. The number of pyridine rings is 1. The maximum Gasteiger partial charge on any atom is 0.137 e. The standard InChI is InChI=1S/C16H23N5/c1-11(2)15-19-14(17)12(3)16(20-15)21(4)10-8-13-7-5-6-9-18-13/h5-7,9,11H,8,10H2,1-4H3,(H2,17,19,20). The van der Waals surface area contributed by atoms with E-state index in [-0.39, 0.29) is 5.92 Å². The van der Waals surface area contributed by atoms with Crippen LogP contribution in [0.1, 0.15) is 36.8 Å². The van der Waals surface area contributed by atoms with Gasteiger partial charge in [-0.3, -0.25) is 4.98 Å². The van der Waals surface area contributed by atoms with E-state index in [4.69, 9.17) is 5.73 Å². The van der Waals surface area contributed by atoms with E-state index in [9.17, 15) is 0 Å². The molecule has 5 nitrogen and oxygen atoms in total. The highest BCUT2D eigenvalue weighted by Crippen LogP contribution is 2.23. The third kappa shape index (κ3) is 3.68. The summed E-state index contributed by atoms with van der Waals surface area (Å²) in [6.45, 7) is 6.95. The van der Waals surface area contributed by atoms with E-state index in [1.807, 2.05) is 38.4 Å². The molecule has 21 heavy (non-hydrogen) atoms. The van der Waals surface area contributed by atoms with Crippen LogP contribution in [0.2, 0.25) is 0 Å². The molecule has 0 saturated heterocycles. The van der Waals surface area contributed by atoms with Gasteiger partial charge in [0.05, 0.1) is 0 Å². The maximum atomic E-state index is 6.01. The van der Waals surface area contributed by atoms with Gasteiger partial charge >= 0.3 is 0 Å². The predicted octanol–water partition coefficient (Wildman–Crippen LogP) is 2.56. The highest BCUT2D eigenvalue weighted by Gasteiger charge is 2.14. The molecule has 0 spiro atoms. The summed E-state index contributed by atoms with van der Waals surface area (Å²) in [5.41, 5.74) is 8.02. The molecule has 112 valence electrons. The molecule has 0 aromatic carbocycles. The van der Waals surface area contributed by atoms with E-state index < -0.39 is 0 Å². The Kier molecular flexibility index (Phi) is 4.73. The molecular weight excluding hydrogens is 262 g/mol. The van der Waals surface area contributed by atoms with E-state index >= 15 is 0 Å². The molecule has 2 aromatic heterocycles. The highest BCUT2D eigenvalue weighted by molar-refractivity contribution is 5.56. The van der Waals surface area contributed by atoms with Crippen molar-refractivity contribution in [3.05, 3.63) is 41.5 Å². The molecule has 0 aliphatic heterocycles. The Morgan fingerprint density at radius 2 is 2.00 bits per heavy atom. The zero-order valence-electron chi connectivity index (χ0n) is 13.2. The molecule has 2 N–H and O–H groups in total. The van der Waals surface area contributed by atoms with Crippen molar-refractivity contribution in [2.24, 2.45) is 0 Å². The van der Waals surface area contributed by atoms with Crippen LogP contribution in [-0.2, 0) is 6.42 Å². The maximum absolute atomic E-state index is 6.01. The van der Waals surface area contributed by atoms with Gasteiger partial charge in [-0.25, -0.2) is 9.97 Å². The number of nitrogen functional groups attached to an aromatic ring is 1. The van der Waals surface area contributed by atoms with Gasteiger partial charge in [0.15, 0.2) is 0 Å². The fourth-order valence-corrected chi connectivity index (χ4v) is 2.10. The molecule has 0 saturated carbocycles. The third-order valence-electron chi connectivity index (χ3n) is 3.48. The van der Waals surface area contributed by atoms with E-state index in [2.05, 4.69) is 33.7 Å². The Labute approximate surface area is 126 Å². The van der Waals surface area contributed by atoms with Crippen LogP contribution in [0.15, 0.2) is 24.4 Å². The largest absolute Gasteiger partial charge is 0.383 e. The first-order valence-electron chi connectivity index (χ1n) is 7.24. The quantitative estimate of drug-likeness (QED) is 0.914. The summed E-state index contributed by atoms with van der Waals surface area (Å²) in [7, 11) is 2.03. The number of likely N-dealkylation sites (N-methyl/N-ethyl adjacent to an activating group) is 1. The van der Waals surface area contributed by atoms with E-state index in [0.29, 0.717) is 5.82 Å². The molecule has 2 rings (SSSR count). The third-order valence-corrected chi connectivity index (χ3v) is 3.48. The van der Waals surface area contributed by atoms with E-state index in [1.54, 1.807) is 0 Å². The summed E-state index contributed by atoms with van der Waals surface area (Å²) in [6.07, 6.45) is 2.69. The zero-order valence-corrected chi connectivity index (χ0v) is 13.2. The first-order valence-corrected chi connectivity index (χ1v) is 7.24. The van der Waals surface area contributed by atoms with Crippen molar-refractivity contribution in [3.8, 4) is 0 Å². The number of hydrogen-bond acceptors (Lipinski definition) is 5. The van der Waals surface area contributed by atoms with Gasteiger partial charge in [0.2, 0.25) is 0 Å². The molecule has 0 atom stereocenters. The Morgan fingerprint density at radius 3 is 2.62 bits per heavy atom. The SMILES string of the molecule is Cc1c(N)nc(C(C)C)nc1N(C)CCc1ccccn1. The number of rotatable bonds is 5. The summed E-state index contributed by atoms with van der Waals surface area (Å²) in [4.78, 5) is 15.5.